The minimum atomic E-state index is -0.422. The van der Waals surface area contributed by atoms with Crippen molar-refractivity contribution in [2.24, 2.45) is 0 Å². The molecule has 1 aliphatic rings. The lowest BCUT2D eigenvalue weighted by molar-refractivity contribution is -1.00. The first-order valence-corrected chi connectivity index (χ1v) is 8.16. The number of benzene rings is 1. The number of nitrogens with zero attached hydrogens (tertiary/aromatic N) is 1. The van der Waals surface area contributed by atoms with Crippen LogP contribution in [0, 0.1) is 17.0 Å². The van der Waals surface area contributed by atoms with Crippen molar-refractivity contribution >= 4 is 5.69 Å². The zero-order chi connectivity index (χ0) is 16.7. The standard InChI is InChI=1S/C16H25N3O4/c1-14-3-4-15(19(20)21)16(13-14)23-12-11-22-10-9-18-7-5-17(2)6-8-18/h3-4,13H,5-12H2,1-2H3/p+2. The van der Waals surface area contributed by atoms with Gasteiger partial charge in [0.1, 0.15) is 39.3 Å². The lowest BCUT2D eigenvalue weighted by Crippen LogP contribution is -3.27. The van der Waals surface area contributed by atoms with Crippen molar-refractivity contribution in [3.63, 3.8) is 0 Å². The number of nitro groups is 1. The molecule has 0 radical (unpaired) electrons. The number of ether oxygens (including phenoxy) is 2. The quantitative estimate of drug-likeness (QED) is 0.355. The number of hydrogen-bond acceptors (Lipinski definition) is 4. The van der Waals surface area contributed by atoms with Crippen molar-refractivity contribution in [3.8, 4) is 5.75 Å². The molecule has 0 amide bonds. The van der Waals surface area contributed by atoms with E-state index >= 15 is 0 Å². The van der Waals surface area contributed by atoms with Crippen LogP contribution in [0.4, 0.5) is 5.69 Å². The first-order valence-electron chi connectivity index (χ1n) is 8.16. The topological polar surface area (TPSA) is 70.5 Å². The molecule has 1 heterocycles. The highest BCUT2D eigenvalue weighted by atomic mass is 16.6. The van der Waals surface area contributed by atoms with E-state index in [1.165, 1.54) is 32.2 Å². The van der Waals surface area contributed by atoms with Crippen LogP contribution >= 0.6 is 0 Å². The maximum Gasteiger partial charge on any atom is 0.310 e. The molecule has 23 heavy (non-hydrogen) atoms. The third-order valence-corrected chi connectivity index (χ3v) is 4.21. The molecule has 0 aliphatic carbocycles. The van der Waals surface area contributed by atoms with Crippen LogP contribution in [0.25, 0.3) is 0 Å². The Morgan fingerprint density at radius 2 is 1.91 bits per heavy atom. The van der Waals surface area contributed by atoms with E-state index in [9.17, 15) is 10.1 Å². The molecule has 1 saturated heterocycles. The first-order chi connectivity index (χ1) is 11.1. The van der Waals surface area contributed by atoms with Gasteiger partial charge in [-0.3, -0.25) is 10.1 Å². The van der Waals surface area contributed by atoms with Crippen molar-refractivity contribution in [2.45, 2.75) is 6.92 Å². The molecular formula is C16H27N3O4+2. The van der Waals surface area contributed by atoms with Gasteiger partial charge in [0.2, 0.25) is 0 Å². The highest BCUT2D eigenvalue weighted by molar-refractivity contribution is 5.48. The molecule has 1 aliphatic heterocycles. The summed E-state index contributed by atoms with van der Waals surface area (Å²) < 4.78 is 11.1. The van der Waals surface area contributed by atoms with Crippen molar-refractivity contribution < 1.29 is 24.2 Å². The molecule has 0 saturated carbocycles. The monoisotopic (exact) mass is 325 g/mol. The summed E-state index contributed by atoms with van der Waals surface area (Å²) in [6.45, 7) is 9.20. The van der Waals surface area contributed by atoms with Gasteiger partial charge in [-0.05, 0) is 18.6 Å². The smallest absolute Gasteiger partial charge is 0.310 e. The van der Waals surface area contributed by atoms with E-state index in [2.05, 4.69) is 7.05 Å². The zero-order valence-electron chi connectivity index (χ0n) is 14.0. The van der Waals surface area contributed by atoms with E-state index in [-0.39, 0.29) is 5.69 Å². The van der Waals surface area contributed by atoms with E-state index in [1.54, 1.807) is 21.9 Å². The molecule has 7 heteroatoms. The molecule has 1 fully saturated rings. The zero-order valence-corrected chi connectivity index (χ0v) is 14.0. The fraction of sp³-hybridized carbons (Fsp3) is 0.625. The number of hydrogen-bond donors (Lipinski definition) is 2. The Morgan fingerprint density at radius 3 is 2.61 bits per heavy atom. The molecule has 7 nitrogen and oxygen atoms in total. The Labute approximate surface area is 136 Å². The number of aryl methyl sites for hydroxylation is 1. The van der Waals surface area contributed by atoms with Crippen LogP contribution in [-0.2, 0) is 4.74 Å². The fourth-order valence-electron chi connectivity index (χ4n) is 2.70. The third-order valence-electron chi connectivity index (χ3n) is 4.21. The van der Waals surface area contributed by atoms with Crippen LogP contribution in [0.15, 0.2) is 18.2 Å². The van der Waals surface area contributed by atoms with Gasteiger partial charge in [0.05, 0.1) is 25.2 Å². The van der Waals surface area contributed by atoms with E-state index in [4.69, 9.17) is 9.47 Å². The normalized spacial score (nSPS) is 21.1. The maximum absolute atomic E-state index is 11.0. The number of quaternary nitrogens is 2. The van der Waals surface area contributed by atoms with E-state index in [0.29, 0.717) is 25.6 Å². The molecule has 2 rings (SSSR count). The molecule has 1 aromatic rings. The van der Waals surface area contributed by atoms with Gasteiger partial charge >= 0.3 is 5.69 Å². The van der Waals surface area contributed by atoms with E-state index in [0.717, 1.165) is 12.1 Å². The Bertz CT molecular complexity index is 516. The number of nitrogens with one attached hydrogen (secondary N) is 2. The van der Waals surface area contributed by atoms with Gasteiger partial charge in [-0.1, -0.05) is 6.07 Å². The van der Waals surface area contributed by atoms with Crippen molar-refractivity contribution in [1.82, 2.24) is 0 Å². The fourth-order valence-corrected chi connectivity index (χ4v) is 2.70. The molecular weight excluding hydrogens is 298 g/mol. The van der Waals surface area contributed by atoms with Crippen LogP contribution in [0.1, 0.15) is 5.56 Å². The second-order valence-electron chi connectivity index (χ2n) is 6.15. The average Bonchev–Trinajstić information content (AvgIpc) is 2.52. The van der Waals surface area contributed by atoms with Gasteiger partial charge in [-0.25, -0.2) is 0 Å². The summed E-state index contributed by atoms with van der Waals surface area (Å²) in [4.78, 5) is 13.7. The molecule has 1 aromatic carbocycles. The second-order valence-corrected chi connectivity index (χ2v) is 6.15. The Hall–Kier alpha value is -1.70. The van der Waals surface area contributed by atoms with Gasteiger partial charge in [0.25, 0.3) is 0 Å². The van der Waals surface area contributed by atoms with Crippen LogP contribution in [0.3, 0.4) is 0 Å². The number of likely N-dealkylation sites (N-methyl/N-ethyl adjacent to an activating group) is 1. The third kappa shape index (κ3) is 5.78. The first kappa shape index (κ1) is 17.7. The van der Waals surface area contributed by atoms with Crippen LogP contribution < -0.4 is 14.5 Å². The molecule has 0 unspecified atom stereocenters. The van der Waals surface area contributed by atoms with Gasteiger partial charge in [-0.2, -0.15) is 0 Å². The Morgan fingerprint density at radius 1 is 1.17 bits per heavy atom. The molecule has 0 spiro atoms. The van der Waals surface area contributed by atoms with Gasteiger partial charge in [0, 0.05) is 6.07 Å². The predicted octanol–water partition coefficient (Wildman–Crippen LogP) is -1.29. The number of nitro benzene ring substituents is 1. The summed E-state index contributed by atoms with van der Waals surface area (Å²) in [5.41, 5.74) is 0.937. The largest absolute Gasteiger partial charge is 0.484 e. The number of rotatable bonds is 8. The SMILES string of the molecule is Cc1ccc([N+](=O)[O-])c(OCCOCC[NH+]2CC[NH+](C)CC2)c1. The summed E-state index contributed by atoms with van der Waals surface area (Å²) >= 11 is 0. The van der Waals surface area contributed by atoms with Crippen molar-refractivity contribution in [1.29, 1.82) is 0 Å². The van der Waals surface area contributed by atoms with Gasteiger partial charge < -0.3 is 19.3 Å². The van der Waals surface area contributed by atoms with Crippen LogP contribution in [0.5, 0.6) is 5.75 Å². The summed E-state index contributed by atoms with van der Waals surface area (Å²) in [6, 6.07) is 4.88. The maximum atomic E-state index is 11.0. The molecule has 128 valence electrons. The summed E-state index contributed by atoms with van der Waals surface area (Å²) in [7, 11) is 2.23. The summed E-state index contributed by atoms with van der Waals surface area (Å²) in [5.74, 6) is 0.311. The van der Waals surface area contributed by atoms with Gasteiger partial charge in [0.15, 0.2) is 5.75 Å². The highest BCUT2D eigenvalue weighted by Crippen LogP contribution is 2.27. The Balaban J connectivity index is 1.64. The lowest BCUT2D eigenvalue weighted by atomic mass is 10.2. The second kappa shape index (κ2) is 8.81. The van der Waals surface area contributed by atoms with Crippen LogP contribution in [0.2, 0.25) is 0 Å². The molecule has 0 aromatic heterocycles. The Kier molecular flexibility index (Phi) is 6.76. The lowest BCUT2D eigenvalue weighted by Gasteiger charge is -2.27. The minimum Gasteiger partial charge on any atom is -0.484 e. The molecule has 2 N–H and O–H groups in total. The summed E-state index contributed by atoms with van der Waals surface area (Å²) in [5, 5.41) is 11.0. The van der Waals surface area contributed by atoms with Crippen molar-refractivity contribution in [3.05, 3.63) is 33.9 Å². The van der Waals surface area contributed by atoms with Gasteiger partial charge in [-0.15, -0.1) is 0 Å². The van der Waals surface area contributed by atoms with E-state index < -0.39 is 4.92 Å². The number of piperazine rings is 1. The highest BCUT2D eigenvalue weighted by Gasteiger charge is 2.19. The minimum absolute atomic E-state index is 0.0000176. The molecule has 0 bridgehead atoms. The van der Waals surface area contributed by atoms with E-state index in [1.807, 2.05) is 6.92 Å². The summed E-state index contributed by atoms with van der Waals surface area (Å²) in [6.07, 6.45) is 0. The predicted molar refractivity (Wildman–Crippen MR) is 86.3 cm³/mol. The van der Waals surface area contributed by atoms with Crippen molar-refractivity contribution in [2.75, 3.05) is 59.6 Å². The van der Waals surface area contributed by atoms with Crippen LogP contribution in [-0.4, -0.2) is 64.5 Å². The average molecular weight is 325 g/mol. The molecule has 0 atom stereocenters.